The minimum absolute atomic E-state index is 0.0840. The molecule has 2 rings (SSSR count). The van der Waals surface area contributed by atoms with E-state index in [1.807, 2.05) is 37.3 Å². The van der Waals surface area contributed by atoms with E-state index in [9.17, 15) is 15.6 Å². The molecule has 2 aromatic carbocycles. The molecular formula is C21H27N2O7-. The molecule has 1 N–H and O–H groups in total. The molecule has 0 aliphatic heterocycles. The van der Waals surface area contributed by atoms with E-state index in [0.717, 1.165) is 18.8 Å². The molecule has 0 aromatic heterocycles. The number of hydroxylamine groups is 4. The summed E-state index contributed by atoms with van der Waals surface area (Å²) in [5, 5.41) is 33.4. The molecule has 1 unspecified atom stereocenters. The Morgan fingerprint density at radius 3 is 2.43 bits per heavy atom. The van der Waals surface area contributed by atoms with Crippen LogP contribution in [0, 0.1) is 10.4 Å². The molecule has 30 heavy (non-hydrogen) atoms. The van der Waals surface area contributed by atoms with Crippen molar-refractivity contribution in [2.75, 3.05) is 39.2 Å². The Hall–Kier alpha value is -2.66. The SMILES string of the molecule is CCOCCOc1cc(N([O-])OC)c(/C=C/[N+](C)([O-])O)cc1OCc1ccccc1. The summed E-state index contributed by atoms with van der Waals surface area (Å²) in [6.45, 7) is 3.33. The van der Waals surface area contributed by atoms with Gasteiger partial charge in [0.15, 0.2) is 11.5 Å². The maximum absolute atomic E-state index is 12.2. The lowest BCUT2D eigenvalue weighted by Crippen LogP contribution is -2.25. The van der Waals surface area contributed by atoms with Crippen molar-refractivity contribution in [2.24, 2.45) is 0 Å². The predicted octanol–water partition coefficient (Wildman–Crippen LogP) is 3.85. The summed E-state index contributed by atoms with van der Waals surface area (Å²) < 4.78 is 17.0. The van der Waals surface area contributed by atoms with Gasteiger partial charge in [-0.3, -0.25) is 4.84 Å². The Labute approximate surface area is 175 Å². The first kappa shape index (κ1) is 23.6. The van der Waals surface area contributed by atoms with E-state index in [-0.39, 0.29) is 24.1 Å². The molecule has 0 saturated heterocycles. The monoisotopic (exact) mass is 419 g/mol. The number of nitrogens with zero attached hydrogens (tertiary/aromatic N) is 2. The van der Waals surface area contributed by atoms with Crippen LogP contribution in [-0.4, -0.2) is 44.0 Å². The van der Waals surface area contributed by atoms with Gasteiger partial charge in [0.1, 0.15) is 26.5 Å². The summed E-state index contributed by atoms with van der Waals surface area (Å²) in [4.78, 5) is 3.10. The summed E-state index contributed by atoms with van der Waals surface area (Å²) in [6.07, 6.45) is 2.28. The quantitative estimate of drug-likeness (QED) is 0.314. The van der Waals surface area contributed by atoms with Crippen LogP contribution in [0.15, 0.2) is 48.7 Å². The molecule has 9 nitrogen and oxygen atoms in total. The highest BCUT2D eigenvalue weighted by molar-refractivity contribution is 5.71. The van der Waals surface area contributed by atoms with Crippen LogP contribution in [0.4, 0.5) is 5.69 Å². The van der Waals surface area contributed by atoms with Crippen molar-refractivity contribution >= 4 is 11.8 Å². The first-order valence-corrected chi connectivity index (χ1v) is 9.40. The molecule has 0 radical (unpaired) electrons. The van der Waals surface area contributed by atoms with Gasteiger partial charge in [0.2, 0.25) is 0 Å². The normalized spacial score (nSPS) is 13.3. The fraction of sp³-hybridized carbons (Fsp3) is 0.333. The lowest BCUT2D eigenvalue weighted by Gasteiger charge is -2.30. The van der Waals surface area contributed by atoms with E-state index >= 15 is 0 Å². The summed E-state index contributed by atoms with van der Waals surface area (Å²) in [6, 6.07) is 12.5. The van der Waals surface area contributed by atoms with Crippen molar-refractivity contribution in [3.63, 3.8) is 0 Å². The van der Waals surface area contributed by atoms with Crippen molar-refractivity contribution in [1.82, 2.24) is 0 Å². The van der Waals surface area contributed by atoms with Gasteiger partial charge >= 0.3 is 0 Å². The second-order valence-electron chi connectivity index (χ2n) is 6.38. The molecule has 0 aliphatic carbocycles. The van der Waals surface area contributed by atoms with Gasteiger partial charge in [-0.05, 0) is 18.6 Å². The van der Waals surface area contributed by atoms with Crippen molar-refractivity contribution < 1.29 is 29.1 Å². The van der Waals surface area contributed by atoms with Gasteiger partial charge in [-0.15, -0.1) is 0 Å². The maximum Gasteiger partial charge on any atom is 0.163 e. The van der Waals surface area contributed by atoms with Gasteiger partial charge in [0, 0.05) is 24.3 Å². The maximum atomic E-state index is 12.2. The largest absolute Gasteiger partial charge is 0.733 e. The second kappa shape index (κ2) is 11.5. The average Bonchev–Trinajstić information content (AvgIpc) is 2.73. The first-order chi connectivity index (χ1) is 14.3. The van der Waals surface area contributed by atoms with Crippen LogP contribution in [0.25, 0.3) is 6.08 Å². The lowest BCUT2D eigenvalue weighted by atomic mass is 10.1. The van der Waals surface area contributed by atoms with Crippen LogP contribution < -0.4 is 14.7 Å². The van der Waals surface area contributed by atoms with Crippen molar-refractivity contribution in [2.45, 2.75) is 13.5 Å². The molecule has 1 atom stereocenters. The highest BCUT2D eigenvalue weighted by Gasteiger charge is 2.14. The van der Waals surface area contributed by atoms with Gasteiger partial charge in [0.25, 0.3) is 0 Å². The Morgan fingerprint density at radius 2 is 1.80 bits per heavy atom. The number of ether oxygens (including phenoxy) is 3. The Kier molecular flexibility index (Phi) is 9.06. The number of quaternary nitrogens is 1. The third kappa shape index (κ3) is 7.64. The molecule has 0 saturated carbocycles. The lowest BCUT2D eigenvalue weighted by molar-refractivity contribution is -1.01. The number of hydrogen-bond donors (Lipinski definition) is 1. The van der Waals surface area contributed by atoms with Crippen LogP contribution in [0.1, 0.15) is 18.1 Å². The number of anilines is 1. The summed E-state index contributed by atoms with van der Waals surface area (Å²) in [5.74, 6) is 0.681. The van der Waals surface area contributed by atoms with Crippen molar-refractivity contribution in [3.05, 3.63) is 70.2 Å². The molecule has 2 aromatic rings. The average molecular weight is 419 g/mol. The Balaban J connectivity index is 2.38. The topological polar surface area (TPSA) is 107 Å². The molecule has 0 amide bonds. The Bertz CT molecular complexity index is 807. The molecule has 0 bridgehead atoms. The molecule has 0 spiro atoms. The van der Waals surface area contributed by atoms with Gasteiger partial charge < -0.3 is 29.9 Å². The molecule has 0 heterocycles. The minimum Gasteiger partial charge on any atom is -0.733 e. The fourth-order valence-corrected chi connectivity index (χ4v) is 2.49. The molecule has 9 heteroatoms. The summed E-state index contributed by atoms with van der Waals surface area (Å²) in [5.41, 5.74) is 1.34. The van der Waals surface area contributed by atoms with E-state index in [2.05, 4.69) is 0 Å². The third-order valence-corrected chi connectivity index (χ3v) is 3.91. The fourth-order valence-electron chi connectivity index (χ4n) is 2.49. The van der Waals surface area contributed by atoms with E-state index in [0.29, 0.717) is 30.3 Å². The molecular weight excluding hydrogens is 392 g/mol. The van der Waals surface area contributed by atoms with E-state index in [1.165, 1.54) is 19.3 Å². The van der Waals surface area contributed by atoms with Crippen LogP contribution >= 0.6 is 0 Å². The van der Waals surface area contributed by atoms with Crippen molar-refractivity contribution in [3.8, 4) is 11.5 Å². The van der Waals surface area contributed by atoms with E-state index in [4.69, 9.17) is 19.0 Å². The van der Waals surface area contributed by atoms with Crippen LogP contribution in [0.3, 0.4) is 0 Å². The van der Waals surface area contributed by atoms with Gasteiger partial charge in [-0.25, -0.2) is 5.21 Å². The Morgan fingerprint density at radius 1 is 1.10 bits per heavy atom. The molecule has 164 valence electrons. The zero-order valence-electron chi connectivity index (χ0n) is 17.3. The predicted molar refractivity (Wildman–Crippen MR) is 112 cm³/mol. The minimum atomic E-state index is -1.65. The summed E-state index contributed by atoms with van der Waals surface area (Å²) >= 11 is 0. The van der Waals surface area contributed by atoms with Gasteiger partial charge in [-0.1, -0.05) is 30.3 Å². The molecule has 0 fully saturated rings. The van der Waals surface area contributed by atoms with E-state index in [1.54, 1.807) is 6.07 Å². The van der Waals surface area contributed by atoms with Crippen LogP contribution in [0.5, 0.6) is 11.5 Å². The number of rotatable bonds is 12. The van der Waals surface area contributed by atoms with Gasteiger partial charge in [-0.2, -0.15) is 4.81 Å². The van der Waals surface area contributed by atoms with E-state index < -0.39 is 4.81 Å². The van der Waals surface area contributed by atoms with Gasteiger partial charge in [0.05, 0.1) is 19.4 Å². The number of hydrogen-bond acceptors (Lipinski definition) is 8. The zero-order chi connectivity index (χ0) is 22.0. The molecule has 0 aliphatic rings. The van der Waals surface area contributed by atoms with Crippen LogP contribution in [-0.2, 0) is 16.2 Å². The highest BCUT2D eigenvalue weighted by atomic mass is 16.9. The highest BCUT2D eigenvalue weighted by Crippen LogP contribution is 2.37. The van der Waals surface area contributed by atoms with Crippen LogP contribution in [0.2, 0.25) is 0 Å². The zero-order valence-corrected chi connectivity index (χ0v) is 17.3. The van der Waals surface area contributed by atoms with Crippen molar-refractivity contribution in [1.29, 1.82) is 0 Å². The standard InChI is InChI=1S/C21H27N2O7/c1-4-28-12-13-29-21-15-19(22(24)27-3)18(10-11-23(2,25)26)14-20(21)30-16-17-8-6-5-7-9-17/h5-11,14-15,25H,4,12-13,16H2,1-3H3/q-1/b11-10+. The first-order valence-electron chi connectivity index (χ1n) is 9.40. The smallest absolute Gasteiger partial charge is 0.163 e. The second-order valence-corrected chi connectivity index (χ2v) is 6.38. The number of benzene rings is 2. The third-order valence-electron chi connectivity index (χ3n) is 3.91. The summed E-state index contributed by atoms with van der Waals surface area (Å²) in [7, 11) is 2.25.